The average molecular weight is 395 g/mol. The summed E-state index contributed by atoms with van der Waals surface area (Å²) in [7, 11) is 2.91. The van der Waals surface area contributed by atoms with Crippen molar-refractivity contribution >= 4 is 17.1 Å². The van der Waals surface area contributed by atoms with E-state index in [2.05, 4.69) is 9.97 Å². The highest BCUT2D eigenvalue weighted by atomic mass is 16.5. The maximum Gasteiger partial charge on any atom is 0.332 e. The Labute approximate surface area is 164 Å². The van der Waals surface area contributed by atoms with Crippen LogP contribution in [0.5, 0.6) is 5.88 Å². The van der Waals surface area contributed by atoms with E-state index in [1.54, 1.807) is 17.0 Å². The lowest BCUT2D eigenvalue weighted by Crippen LogP contribution is -2.57. The van der Waals surface area contributed by atoms with Gasteiger partial charge in [-0.3, -0.25) is 18.7 Å². The minimum Gasteiger partial charge on any atom is -0.471 e. The molecule has 0 aromatic carbocycles. The van der Waals surface area contributed by atoms with Crippen LogP contribution >= 0.6 is 0 Å². The van der Waals surface area contributed by atoms with E-state index >= 15 is 0 Å². The van der Waals surface area contributed by atoms with Crippen molar-refractivity contribution in [3.05, 3.63) is 51.1 Å². The van der Waals surface area contributed by atoms with E-state index in [9.17, 15) is 14.4 Å². The molecule has 0 bridgehead atoms. The number of carbonyl (C=O) groups excluding carboxylic acids is 1. The monoisotopic (exact) mass is 395 g/mol. The fraction of sp³-hybridized carbons (Fsp3) is 0.333. The van der Waals surface area contributed by atoms with Crippen LogP contribution in [0.1, 0.15) is 5.56 Å². The molecule has 1 saturated heterocycles. The first-order valence-electron chi connectivity index (χ1n) is 8.80. The van der Waals surface area contributed by atoms with Gasteiger partial charge in [0.25, 0.3) is 5.56 Å². The molecule has 0 N–H and O–H groups in total. The molecule has 1 aliphatic rings. The number of amides is 1. The van der Waals surface area contributed by atoms with Crippen LogP contribution in [0.25, 0.3) is 11.2 Å². The zero-order chi connectivity index (χ0) is 20.7. The molecule has 3 aromatic heterocycles. The molecular weight excluding hydrogens is 378 g/mol. The van der Waals surface area contributed by atoms with Crippen molar-refractivity contribution in [3.63, 3.8) is 0 Å². The number of nitrogens with zero attached hydrogens (tertiary/aromatic N) is 7. The molecule has 0 saturated carbocycles. The highest BCUT2D eigenvalue weighted by Gasteiger charge is 2.33. The van der Waals surface area contributed by atoms with Crippen molar-refractivity contribution in [2.24, 2.45) is 14.1 Å². The van der Waals surface area contributed by atoms with Crippen LogP contribution in [0.15, 0.2) is 34.2 Å². The number of rotatable bonds is 4. The van der Waals surface area contributed by atoms with Crippen LogP contribution < -0.4 is 16.0 Å². The van der Waals surface area contributed by atoms with Crippen LogP contribution in [-0.2, 0) is 25.4 Å². The van der Waals surface area contributed by atoms with Gasteiger partial charge < -0.3 is 14.2 Å². The zero-order valence-electron chi connectivity index (χ0n) is 15.8. The van der Waals surface area contributed by atoms with Gasteiger partial charge in [0, 0.05) is 26.4 Å². The number of nitriles is 1. The number of imidazole rings is 1. The summed E-state index contributed by atoms with van der Waals surface area (Å²) >= 11 is 0. The van der Waals surface area contributed by atoms with Gasteiger partial charge in [-0.1, -0.05) is 0 Å². The molecule has 0 unspecified atom stereocenters. The number of ether oxygens (including phenoxy) is 1. The van der Waals surface area contributed by atoms with Gasteiger partial charge in [0.05, 0.1) is 31.0 Å². The Morgan fingerprint density at radius 3 is 2.76 bits per heavy atom. The van der Waals surface area contributed by atoms with Gasteiger partial charge in [0.2, 0.25) is 11.8 Å². The standard InChI is InChI=1S/C18H17N7O4/c1-22-16-15(17(27)23(2)18(22)28)25(10-21-16)9-14(26)24-7-12(8-24)29-13-5-11(6-19)3-4-20-13/h3-5,10,12H,7-9H2,1-2H3. The minimum atomic E-state index is -0.498. The van der Waals surface area contributed by atoms with E-state index in [1.165, 1.54) is 35.8 Å². The lowest BCUT2D eigenvalue weighted by atomic mass is 10.1. The Morgan fingerprint density at radius 2 is 2.03 bits per heavy atom. The zero-order valence-corrected chi connectivity index (χ0v) is 15.8. The molecular formula is C18H17N7O4. The van der Waals surface area contributed by atoms with Crippen molar-refractivity contribution in [2.75, 3.05) is 13.1 Å². The normalized spacial score (nSPS) is 13.9. The molecule has 1 fully saturated rings. The third-order valence-corrected chi connectivity index (χ3v) is 4.87. The lowest BCUT2D eigenvalue weighted by Gasteiger charge is -2.38. The van der Waals surface area contributed by atoms with E-state index in [4.69, 9.17) is 10.00 Å². The molecule has 0 atom stereocenters. The summed E-state index contributed by atoms with van der Waals surface area (Å²) in [6.45, 7) is 0.680. The van der Waals surface area contributed by atoms with Crippen molar-refractivity contribution in [3.8, 4) is 11.9 Å². The SMILES string of the molecule is Cn1c(=O)c2c(ncn2CC(=O)N2CC(Oc3cc(C#N)ccn3)C2)n(C)c1=O. The fourth-order valence-electron chi connectivity index (χ4n) is 3.19. The van der Waals surface area contributed by atoms with Gasteiger partial charge in [0.1, 0.15) is 12.6 Å². The number of carbonyl (C=O) groups is 1. The van der Waals surface area contributed by atoms with Gasteiger partial charge in [-0.15, -0.1) is 0 Å². The molecule has 3 aromatic rings. The predicted octanol–water partition coefficient (Wildman–Crippen LogP) is -1.01. The fourth-order valence-corrected chi connectivity index (χ4v) is 3.19. The third-order valence-electron chi connectivity index (χ3n) is 4.87. The maximum atomic E-state index is 12.6. The maximum absolute atomic E-state index is 12.6. The highest BCUT2D eigenvalue weighted by molar-refractivity contribution is 5.79. The molecule has 1 aliphatic heterocycles. The second kappa shape index (κ2) is 6.90. The first kappa shape index (κ1) is 18.4. The molecule has 0 spiro atoms. The highest BCUT2D eigenvalue weighted by Crippen LogP contribution is 2.18. The Hall–Kier alpha value is -3.94. The van der Waals surface area contributed by atoms with E-state index in [0.29, 0.717) is 24.5 Å². The van der Waals surface area contributed by atoms with Gasteiger partial charge >= 0.3 is 5.69 Å². The molecule has 29 heavy (non-hydrogen) atoms. The van der Waals surface area contributed by atoms with E-state index in [-0.39, 0.29) is 29.7 Å². The summed E-state index contributed by atoms with van der Waals surface area (Å²) in [5, 5.41) is 8.91. The largest absolute Gasteiger partial charge is 0.471 e. The number of fused-ring (bicyclic) bond motifs is 1. The second-order valence-electron chi connectivity index (χ2n) is 6.78. The van der Waals surface area contributed by atoms with Gasteiger partial charge in [0.15, 0.2) is 11.2 Å². The van der Waals surface area contributed by atoms with E-state index in [0.717, 1.165) is 4.57 Å². The van der Waals surface area contributed by atoms with Crippen LogP contribution in [0.2, 0.25) is 0 Å². The Kier molecular flexibility index (Phi) is 4.38. The van der Waals surface area contributed by atoms with Crippen molar-refractivity contribution in [1.29, 1.82) is 5.26 Å². The number of pyridine rings is 1. The van der Waals surface area contributed by atoms with Crippen LogP contribution in [0.3, 0.4) is 0 Å². The topological polar surface area (TPSA) is 128 Å². The van der Waals surface area contributed by atoms with Crippen molar-refractivity contribution in [2.45, 2.75) is 12.6 Å². The molecule has 4 rings (SSSR count). The smallest absolute Gasteiger partial charge is 0.332 e. The van der Waals surface area contributed by atoms with Gasteiger partial charge in [-0.2, -0.15) is 5.26 Å². The molecule has 148 valence electrons. The lowest BCUT2D eigenvalue weighted by molar-refractivity contribution is -0.140. The molecule has 0 aliphatic carbocycles. The molecule has 1 amide bonds. The van der Waals surface area contributed by atoms with Crippen LogP contribution in [0.4, 0.5) is 0 Å². The molecule has 4 heterocycles. The quantitative estimate of drug-likeness (QED) is 0.554. The molecule has 0 radical (unpaired) electrons. The van der Waals surface area contributed by atoms with Crippen molar-refractivity contribution < 1.29 is 9.53 Å². The van der Waals surface area contributed by atoms with E-state index < -0.39 is 11.2 Å². The first-order valence-corrected chi connectivity index (χ1v) is 8.80. The van der Waals surface area contributed by atoms with Crippen LogP contribution in [0, 0.1) is 11.3 Å². The number of aryl methyl sites for hydroxylation is 1. The van der Waals surface area contributed by atoms with E-state index in [1.807, 2.05) is 6.07 Å². The summed E-state index contributed by atoms with van der Waals surface area (Å²) in [5.74, 6) is 0.143. The average Bonchev–Trinajstić information content (AvgIpc) is 3.10. The summed E-state index contributed by atoms with van der Waals surface area (Å²) < 4.78 is 9.38. The minimum absolute atomic E-state index is 0.0706. The summed E-state index contributed by atoms with van der Waals surface area (Å²) in [6.07, 6.45) is 2.66. The summed E-state index contributed by atoms with van der Waals surface area (Å²) in [4.78, 5) is 46.8. The number of aromatic nitrogens is 5. The predicted molar refractivity (Wildman–Crippen MR) is 100 cm³/mol. The van der Waals surface area contributed by atoms with Crippen molar-refractivity contribution in [1.82, 2.24) is 28.6 Å². The number of likely N-dealkylation sites (tertiary alicyclic amines) is 1. The molecule has 11 nitrogen and oxygen atoms in total. The number of hydrogen-bond acceptors (Lipinski definition) is 7. The first-order chi connectivity index (χ1) is 13.9. The Bertz CT molecular complexity index is 1270. The summed E-state index contributed by atoms with van der Waals surface area (Å²) in [5.41, 5.74) is -0.0873. The van der Waals surface area contributed by atoms with Crippen LogP contribution in [-0.4, -0.2) is 53.7 Å². The van der Waals surface area contributed by atoms with Gasteiger partial charge in [-0.25, -0.2) is 14.8 Å². The second-order valence-corrected chi connectivity index (χ2v) is 6.78. The Balaban J connectivity index is 1.44. The Morgan fingerprint density at radius 1 is 1.28 bits per heavy atom. The number of hydrogen-bond donors (Lipinski definition) is 0. The summed E-state index contributed by atoms with van der Waals surface area (Å²) in [6, 6.07) is 5.14. The molecule has 11 heteroatoms. The van der Waals surface area contributed by atoms with Gasteiger partial charge in [-0.05, 0) is 6.07 Å². The third kappa shape index (κ3) is 3.14.